The molecule has 0 aliphatic rings. The first-order valence-electron chi connectivity index (χ1n) is 5.63. The summed E-state index contributed by atoms with van der Waals surface area (Å²) in [5, 5.41) is 10.5. The molecule has 2 aromatic heterocycles. The first-order valence-corrected chi connectivity index (χ1v) is 5.63. The molecule has 5 heteroatoms. The number of aromatic nitrogens is 3. The topological polar surface area (TPSA) is 66.7 Å². The van der Waals surface area contributed by atoms with E-state index in [1.807, 2.05) is 29.9 Å². The van der Waals surface area contributed by atoms with Crippen LogP contribution < -0.4 is 4.74 Å². The van der Waals surface area contributed by atoms with Crippen molar-refractivity contribution in [2.24, 2.45) is 0 Å². The minimum absolute atomic E-state index is 0.489. The summed E-state index contributed by atoms with van der Waals surface area (Å²) < 4.78 is 7.13. The zero-order valence-corrected chi connectivity index (χ0v) is 10.7. The molecule has 0 aliphatic heterocycles. The lowest BCUT2D eigenvalue weighted by atomic mass is 10.2. The molecule has 0 bridgehead atoms. The lowest BCUT2D eigenvalue weighted by Gasteiger charge is -2.15. The van der Waals surface area contributed by atoms with Gasteiger partial charge in [0.15, 0.2) is 0 Å². The van der Waals surface area contributed by atoms with Crippen LogP contribution in [-0.4, -0.2) is 27.6 Å². The Morgan fingerprint density at radius 1 is 1.50 bits per heavy atom. The van der Waals surface area contributed by atoms with Crippen molar-refractivity contribution in [3.63, 3.8) is 0 Å². The fraction of sp³-hybridized carbons (Fsp3) is 0.231. The van der Waals surface area contributed by atoms with Gasteiger partial charge in [-0.25, -0.2) is 4.98 Å². The molecule has 2 aromatic rings. The molecule has 0 amide bonds. The average Bonchev–Trinajstić information content (AvgIpc) is 2.32. The van der Waals surface area contributed by atoms with Gasteiger partial charge in [0, 0.05) is 17.6 Å². The summed E-state index contributed by atoms with van der Waals surface area (Å²) in [6.45, 7) is 3.71. The molecule has 0 aliphatic carbocycles. The van der Waals surface area contributed by atoms with E-state index in [1.54, 1.807) is 26.2 Å². The van der Waals surface area contributed by atoms with Gasteiger partial charge < -0.3 is 10.1 Å². The number of hydrogen-bond donors (Lipinski definition) is 2. The fourth-order valence-electron chi connectivity index (χ4n) is 1.59. The van der Waals surface area contributed by atoms with Crippen LogP contribution in [0, 0.1) is 12.3 Å². The van der Waals surface area contributed by atoms with Crippen LogP contribution in [0.3, 0.4) is 0 Å². The molecule has 0 unspecified atom stereocenters. The van der Waals surface area contributed by atoms with Gasteiger partial charge in [-0.15, -0.1) is 0 Å². The molecule has 5 nitrogen and oxygen atoms in total. The third-order valence-electron chi connectivity index (χ3n) is 2.44. The number of allylic oxidation sites excluding steroid dienone is 1. The molecule has 2 rings (SSSR count). The van der Waals surface area contributed by atoms with Crippen LogP contribution in [0.25, 0.3) is 11.8 Å². The Labute approximate surface area is 106 Å². The maximum Gasteiger partial charge on any atom is 0.240 e. The highest BCUT2D eigenvalue weighted by Crippen LogP contribution is 2.21. The maximum atomic E-state index is 7.34. The number of aromatic amines is 1. The van der Waals surface area contributed by atoms with E-state index in [0.717, 1.165) is 17.1 Å². The smallest absolute Gasteiger partial charge is 0.240 e. The van der Waals surface area contributed by atoms with Crippen molar-refractivity contribution in [2.75, 3.05) is 7.11 Å². The molecule has 18 heavy (non-hydrogen) atoms. The van der Waals surface area contributed by atoms with Gasteiger partial charge in [-0.1, -0.05) is 0 Å². The largest absolute Gasteiger partial charge is 0.479 e. The van der Waals surface area contributed by atoms with Crippen LogP contribution in [0.2, 0.25) is 0 Å². The van der Waals surface area contributed by atoms with Gasteiger partial charge in [0.2, 0.25) is 5.88 Å². The number of nitrogens with one attached hydrogen (secondary N) is 2. The van der Waals surface area contributed by atoms with E-state index in [9.17, 15) is 0 Å². The highest BCUT2D eigenvalue weighted by atomic mass is 16.5. The van der Waals surface area contributed by atoms with Gasteiger partial charge in [-0.2, -0.15) is 0 Å². The van der Waals surface area contributed by atoms with Crippen LogP contribution >= 0.6 is 0 Å². The summed E-state index contributed by atoms with van der Waals surface area (Å²) in [6, 6.07) is 3.82. The monoisotopic (exact) mass is 244 g/mol. The van der Waals surface area contributed by atoms with Gasteiger partial charge in [0.25, 0.3) is 0 Å². The van der Waals surface area contributed by atoms with E-state index in [0.29, 0.717) is 11.6 Å². The Morgan fingerprint density at radius 2 is 2.22 bits per heavy atom. The van der Waals surface area contributed by atoms with Crippen LogP contribution in [0.4, 0.5) is 0 Å². The second-order valence-corrected chi connectivity index (χ2v) is 4.07. The number of hydrogen-bond acceptors (Lipinski definition) is 3. The van der Waals surface area contributed by atoms with Gasteiger partial charge >= 0.3 is 0 Å². The summed E-state index contributed by atoms with van der Waals surface area (Å²) in [5.74, 6) is 0.552. The summed E-state index contributed by atoms with van der Waals surface area (Å²) >= 11 is 0. The number of methoxy groups -OCH3 is 1. The van der Waals surface area contributed by atoms with Crippen molar-refractivity contribution in [1.82, 2.24) is 14.8 Å². The molecule has 0 radical (unpaired) electrons. The number of ether oxygens (including phenoxy) is 1. The second kappa shape index (κ2) is 4.91. The molecule has 0 spiro atoms. The lowest BCUT2D eigenvalue weighted by Crippen LogP contribution is -2.10. The van der Waals surface area contributed by atoms with E-state index in [-0.39, 0.29) is 0 Å². The molecule has 2 heterocycles. The minimum Gasteiger partial charge on any atom is -0.479 e. The highest BCUT2D eigenvalue weighted by Gasteiger charge is 2.09. The van der Waals surface area contributed by atoms with Crippen LogP contribution in [0.15, 0.2) is 24.4 Å². The van der Waals surface area contributed by atoms with E-state index >= 15 is 0 Å². The molecule has 0 saturated heterocycles. The number of H-pyrrole nitrogens is 1. The van der Waals surface area contributed by atoms with Gasteiger partial charge in [0.1, 0.15) is 5.69 Å². The van der Waals surface area contributed by atoms with Crippen LogP contribution in [0.5, 0.6) is 5.88 Å². The summed E-state index contributed by atoms with van der Waals surface area (Å²) in [6.07, 6.45) is 5.46. The average molecular weight is 244 g/mol. The Balaban J connectivity index is 2.32. The molecule has 94 valence electrons. The Kier molecular flexibility index (Phi) is 3.32. The molecule has 0 aromatic carbocycles. The predicted molar refractivity (Wildman–Crippen MR) is 71.6 cm³/mol. The van der Waals surface area contributed by atoms with Crippen molar-refractivity contribution in [2.45, 2.75) is 13.8 Å². The minimum atomic E-state index is 0.489. The van der Waals surface area contributed by atoms with E-state index in [2.05, 4.69) is 10.1 Å². The molecule has 2 N–H and O–H groups in total. The summed E-state index contributed by atoms with van der Waals surface area (Å²) in [4.78, 5) is 4.37. The third kappa shape index (κ3) is 2.51. The highest BCUT2D eigenvalue weighted by molar-refractivity contribution is 5.93. The van der Waals surface area contributed by atoms with E-state index in [4.69, 9.17) is 10.1 Å². The zero-order valence-electron chi connectivity index (χ0n) is 10.7. The number of nitrogens with zero attached hydrogens (tertiary/aromatic N) is 2. The van der Waals surface area contributed by atoms with Crippen molar-refractivity contribution in [1.29, 1.82) is 5.41 Å². The van der Waals surface area contributed by atoms with Gasteiger partial charge in [0.05, 0.1) is 12.8 Å². The van der Waals surface area contributed by atoms with Gasteiger partial charge in [-0.3, -0.25) is 9.78 Å². The summed E-state index contributed by atoms with van der Waals surface area (Å²) in [7, 11) is 1.59. The number of pyridine rings is 1. The number of aryl methyl sites for hydroxylation is 1. The van der Waals surface area contributed by atoms with E-state index in [1.165, 1.54) is 0 Å². The summed E-state index contributed by atoms with van der Waals surface area (Å²) in [5.41, 5.74) is 3.22. The molecule has 0 fully saturated rings. The zero-order chi connectivity index (χ0) is 13.1. The van der Waals surface area contributed by atoms with E-state index < -0.39 is 0 Å². The predicted octanol–water partition coefficient (Wildman–Crippen LogP) is 2.57. The van der Waals surface area contributed by atoms with Crippen molar-refractivity contribution < 1.29 is 4.74 Å². The normalized spacial score (nSPS) is 11.1. The van der Waals surface area contributed by atoms with Crippen molar-refractivity contribution >= 4 is 11.8 Å². The molecular formula is C13H16N4O. The molecule has 0 atom stereocenters. The molecule has 0 saturated carbocycles. The standard InChI is InChI=1S/C13H16N4O/c1-9(14)4-5-11-6-7-12(13(15-11)18-3)17-8-10(2)16-17/h4-8,14,16H,1-3H3/b5-4+,14-9?. The lowest BCUT2D eigenvalue weighted by molar-refractivity contribution is 0.393. The fourth-order valence-corrected chi connectivity index (χ4v) is 1.59. The van der Waals surface area contributed by atoms with Crippen molar-refractivity contribution in [3.05, 3.63) is 35.8 Å². The third-order valence-corrected chi connectivity index (χ3v) is 2.44. The molecular weight excluding hydrogens is 228 g/mol. The Hall–Kier alpha value is -2.30. The van der Waals surface area contributed by atoms with Crippen molar-refractivity contribution in [3.8, 4) is 11.6 Å². The first kappa shape index (κ1) is 12.2. The second-order valence-electron chi connectivity index (χ2n) is 4.07. The van der Waals surface area contributed by atoms with Gasteiger partial charge in [-0.05, 0) is 38.1 Å². The number of rotatable bonds is 4. The van der Waals surface area contributed by atoms with Crippen LogP contribution in [0.1, 0.15) is 18.3 Å². The first-order chi connectivity index (χ1) is 8.60. The SMILES string of the molecule is COc1nc(/C=C/C(C)=N)ccc1-n1cc(C)[nH]1. The van der Waals surface area contributed by atoms with Crippen LogP contribution in [-0.2, 0) is 0 Å². The quantitative estimate of drug-likeness (QED) is 0.812. The Bertz CT molecular complexity index is 580. The maximum absolute atomic E-state index is 7.34. The Morgan fingerprint density at radius 3 is 2.78 bits per heavy atom.